The van der Waals surface area contributed by atoms with Gasteiger partial charge in [-0.25, -0.2) is 9.78 Å². The molecule has 0 saturated heterocycles. The molecule has 3 heterocycles. The van der Waals surface area contributed by atoms with Gasteiger partial charge < -0.3 is 5.11 Å². The molecule has 0 saturated carbocycles. The predicted octanol–water partition coefficient (Wildman–Crippen LogP) is 2.33. The summed E-state index contributed by atoms with van der Waals surface area (Å²) in [6.07, 6.45) is 8.23. The Morgan fingerprint density at radius 3 is 2.73 bits per heavy atom. The largest absolute Gasteiger partial charge is 0.477 e. The summed E-state index contributed by atoms with van der Waals surface area (Å²) in [4.78, 5) is 32.0. The first-order valence-corrected chi connectivity index (χ1v) is 7.22. The highest BCUT2D eigenvalue weighted by atomic mass is 32.1. The van der Waals surface area contributed by atoms with E-state index in [2.05, 4.69) is 9.97 Å². The number of carboxylic acid groups (broad SMARTS) is 1. The van der Waals surface area contributed by atoms with Crippen molar-refractivity contribution < 1.29 is 9.90 Å². The fraction of sp³-hybridized carbons (Fsp3) is 0.0667. The first-order valence-electron chi connectivity index (χ1n) is 6.40. The van der Waals surface area contributed by atoms with E-state index in [0.29, 0.717) is 16.2 Å². The molecule has 0 unspecified atom stereocenters. The van der Waals surface area contributed by atoms with Gasteiger partial charge in [0.2, 0.25) is 0 Å². The molecule has 110 valence electrons. The van der Waals surface area contributed by atoms with E-state index in [1.807, 2.05) is 18.2 Å². The topological polar surface area (TPSA) is 84.6 Å². The van der Waals surface area contributed by atoms with E-state index in [9.17, 15) is 9.59 Å². The van der Waals surface area contributed by atoms with Gasteiger partial charge in [-0.3, -0.25) is 14.2 Å². The standard InChI is InChI=1S/C15H11N3O3S/c1-9-11(3-2-10-4-6-16-7-5-10)17-15-18(13(9)19)8-12(22-15)14(20)21/h2-8H,1H3,(H,20,21)/b3-2+. The molecule has 0 spiro atoms. The molecule has 3 aromatic heterocycles. The maximum absolute atomic E-state index is 12.3. The van der Waals surface area contributed by atoms with Gasteiger partial charge in [0.15, 0.2) is 4.96 Å². The number of rotatable bonds is 3. The highest BCUT2D eigenvalue weighted by molar-refractivity contribution is 7.18. The summed E-state index contributed by atoms with van der Waals surface area (Å²) < 4.78 is 1.27. The molecule has 0 aliphatic rings. The van der Waals surface area contributed by atoms with Crippen LogP contribution in [0.4, 0.5) is 0 Å². The number of carbonyl (C=O) groups is 1. The van der Waals surface area contributed by atoms with Crippen molar-refractivity contribution in [2.24, 2.45) is 0 Å². The fourth-order valence-corrected chi connectivity index (χ4v) is 2.78. The molecular formula is C15H11N3O3S. The SMILES string of the molecule is Cc1c(/C=C/c2ccncc2)nc2sc(C(=O)O)cn2c1=O. The maximum atomic E-state index is 12.3. The van der Waals surface area contributed by atoms with Crippen molar-refractivity contribution in [2.45, 2.75) is 6.92 Å². The van der Waals surface area contributed by atoms with Crippen LogP contribution in [0.5, 0.6) is 0 Å². The van der Waals surface area contributed by atoms with Gasteiger partial charge in [0.25, 0.3) is 5.56 Å². The van der Waals surface area contributed by atoms with E-state index in [0.717, 1.165) is 16.9 Å². The van der Waals surface area contributed by atoms with Gasteiger partial charge >= 0.3 is 5.97 Å². The minimum atomic E-state index is -1.07. The molecule has 0 aliphatic carbocycles. The first kappa shape index (κ1) is 14.2. The Hall–Kier alpha value is -2.80. The van der Waals surface area contributed by atoms with Crippen molar-refractivity contribution in [3.63, 3.8) is 0 Å². The third kappa shape index (κ3) is 2.53. The molecule has 0 atom stereocenters. The molecule has 1 N–H and O–H groups in total. The smallest absolute Gasteiger partial charge is 0.347 e. The number of thiazole rings is 1. The predicted molar refractivity (Wildman–Crippen MR) is 84.2 cm³/mol. The van der Waals surface area contributed by atoms with Crippen molar-refractivity contribution in [1.82, 2.24) is 14.4 Å². The molecule has 22 heavy (non-hydrogen) atoms. The summed E-state index contributed by atoms with van der Waals surface area (Å²) >= 11 is 0.973. The molecule has 0 bridgehead atoms. The normalized spacial score (nSPS) is 11.3. The number of carboxylic acids is 1. The Morgan fingerprint density at radius 2 is 2.05 bits per heavy atom. The monoisotopic (exact) mass is 313 g/mol. The average molecular weight is 313 g/mol. The lowest BCUT2D eigenvalue weighted by atomic mass is 10.2. The van der Waals surface area contributed by atoms with E-state index in [-0.39, 0.29) is 10.4 Å². The van der Waals surface area contributed by atoms with Crippen LogP contribution in [0.3, 0.4) is 0 Å². The Balaban J connectivity index is 2.10. The van der Waals surface area contributed by atoms with Crippen LogP contribution in [0.1, 0.15) is 26.5 Å². The molecular weight excluding hydrogens is 302 g/mol. The van der Waals surface area contributed by atoms with Crippen LogP contribution in [-0.2, 0) is 0 Å². The molecule has 0 aliphatic heterocycles. The zero-order valence-corrected chi connectivity index (χ0v) is 12.4. The van der Waals surface area contributed by atoms with Crippen LogP contribution in [0, 0.1) is 6.92 Å². The van der Waals surface area contributed by atoms with E-state index in [1.165, 1.54) is 10.6 Å². The van der Waals surface area contributed by atoms with Gasteiger partial charge in [-0.05, 0) is 30.7 Å². The second kappa shape index (κ2) is 5.53. The zero-order valence-electron chi connectivity index (χ0n) is 11.6. The molecule has 0 amide bonds. The van der Waals surface area contributed by atoms with Crippen molar-refractivity contribution in [3.05, 3.63) is 62.8 Å². The first-order chi connectivity index (χ1) is 10.6. The van der Waals surface area contributed by atoms with E-state index in [4.69, 9.17) is 5.11 Å². The highest BCUT2D eigenvalue weighted by Crippen LogP contribution is 2.17. The lowest BCUT2D eigenvalue weighted by Crippen LogP contribution is -2.17. The third-order valence-electron chi connectivity index (χ3n) is 3.14. The number of fused-ring (bicyclic) bond motifs is 1. The quantitative estimate of drug-likeness (QED) is 0.802. The van der Waals surface area contributed by atoms with Crippen molar-refractivity contribution in [2.75, 3.05) is 0 Å². The minimum Gasteiger partial charge on any atom is -0.477 e. The van der Waals surface area contributed by atoms with Crippen LogP contribution >= 0.6 is 11.3 Å². The van der Waals surface area contributed by atoms with Crippen LogP contribution in [0.25, 0.3) is 17.1 Å². The molecule has 6 nitrogen and oxygen atoms in total. The lowest BCUT2D eigenvalue weighted by molar-refractivity contribution is 0.0702. The molecule has 3 aromatic rings. The lowest BCUT2D eigenvalue weighted by Gasteiger charge is -2.00. The highest BCUT2D eigenvalue weighted by Gasteiger charge is 2.13. The van der Waals surface area contributed by atoms with Crippen LogP contribution < -0.4 is 5.56 Å². The summed E-state index contributed by atoms with van der Waals surface area (Å²) in [7, 11) is 0. The Labute approximate surface area is 129 Å². The van der Waals surface area contributed by atoms with Crippen LogP contribution in [-0.4, -0.2) is 25.4 Å². The number of pyridine rings is 1. The van der Waals surface area contributed by atoms with Gasteiger partial charge in [0.1, 0.15) is 4.88 Å². The number of hydrogen-bond donors (Lipinski definition) is 1. The Morgan fingerprint density at radius 1 is 1.32 bits per heavy atom. The molecule has 0 fully saturated rings. The van der Waals surface area contributed by atoms with Crippen LogP contribution in [0.2, 0.25) is 0 Å². The fourth-order valence-electron chi connectivity index (χ4n) is 1.96. The molecule has 3 rings (SSSR count). The average Bonchev–Trinajstić information content (AvgIpc) is 2.95. The number of nitrogens with zero attached hydrogens (tertiary/aromatic N) is 3. The number of aromatic carboxylic acids is 1. The Bertz CT molecular complexity index is 942. The summed E-state index contributed by atoms with van der Waals surface area (Å²) in [5.41, 5.74) is 1.68. The third-order valence-corrected chi connectivity index (χ3v) is 4.11. The van der Waals surface area contributed by atoms with Crippen LogP contribution in [0.15, 0.2) is 35.5 Å². The second-order valence-corrected chi connectivity index (χ2v) is 5.60. The van der Waals surface area contributed by atoms with Crippen molar-refractivity contribution in [3.8, 4) is 0 Å². The minimum absolute atomic E-state index is 0.0827. The molecule has 0 aromatic carbocycles. The van der Waals surface area contributed by atoms with Crippen molar-refractivity contribution >= 4 is 34.4 Å². The van der Waals surface area contributed by atoms with Gasteiger partial charge in [-0.2, -0.15) is 0 Å². The van der Waals surface area contributed by atoms with E-state index in [1.54, 1.807) is 25.4 Å². The van der Waals surface area contributed by atoms with Gasteiger partial charge in [-0.1, -0.05) is 17.4 Å². The summed E-state index contributed by atoms with van der Waals surface area (Å²) in [5.74, 6) is -1.07. The number of hydrogen-bond acceptors (Lipinski definition) is 5. The summed E-state index contributed by atoms with van der Waals surface area (Å²) in [6.45, 7) is 1.67. The molecule has 7 heteroatoms. The number of aromatic nitrogens is 3. The van der Waals surface area contributed by atoms with E-state index >= 15 is 0 Å². The van der Waals surface area contributed by atoms with Gasteiger partial charge in [-0.15, -0.1) is 0 Å². The summed E-state index contributed by atoms with van der Waals surface area (Å²) in [5, 5.41) is 9.01. The molecule has 0 radical (unpaired) electrons. The zero-order chi connectivity index (χ0) is 15.7. The second-order valence-electron chi connectivity index (χ2n) is 4.59. The maximum Gasteiger partial charge on any atom is 0.347 e. The van der Waals surface area contributed by atoms with E-state index < -0.39 is 5.97 Å². The Kier molecular flexibility index (Phi) is 3.56. The van der Waals surface area contributed by atoms with Gasteiger partial charge in [0, 0.05) is 24.2 Å². The summed E-state index contributed by atoms with van der Waals surface area (Å²) in [6, 6.07) is 3.68. The van der Waals surface area contributed by atoms with Gasteiger partial charge in [0.05, 0.1) is 5.69 Å². The van der Waals surface area contributed by atoms with Crippen molar-refractivity contribution in [1.29, 1.82) is 0 Å².